The predicted molar refractivity (Wildman–Crippen MR) is 225 cm³/mol. The van der Waals surface area contributed by atoms with Crippen molar-refractivity contribution in [3.63, 3.8) is 0 Å². The van der Waals surface area contributed by atoms with Gasteiger partial charge < -0.3 is 0 Å². The van der Waals surface area contributed by atoms with Crippen LogP contribution in [0.25, 0.3) is 99.9 Å². The molecule has 0 atom stereocenters. The van der Waals surface area contributed by atoms with Gasteiger partial charge in [0.05, 0.1) is 0 Å². The summed E-state index contributed by atoms with van der Waals surface area (Å²) in [6.07, 6.45) is 0. The van der Waals surface area contributed by atoms with Crippen molar-refractivity contribution in [1.82, 2.24) is 15.0 Å². The first kappa shape index (κ1) is 31.5. The molecule has 0 fully saturated rings. The van der Waals surface area contributed by atoms with Crippen LogP contribution in [0.2, 0.25) is 0 Å². The molecule has 3 nitrogen and oxygen atoms in total. The van der Waals surface area contributed by atoms with Gasteiger partial charge in [-0.05, 0) is 96.0 Å². The number of benzene rings is 9. The molecule has 3 heteroatoms. The summed E-state index contributed by atoms with van der Waals surface area (Å²) in [5.74, 6) is 1.92. The van der Waals surface area contributed by atoms with E-state index in [1.165, 1.54) is 43.4 Å². The summed E-state index contributed by atoms with van der Waals surface area (Å²) in [5, 5.41) is 7.36. The lowest BCUT2D eigenvalue weighted by molar-refractivity contribution is 1.07. The first-order valence-electron chi connectivity index (χ1n) is 18.3. The second-order valence-corrected chi connectivity index (χ2v) is 13.7. The van der Waals surface area contributed by atoms with Gasteiger partial charge in [0, 0.05) is 16.7 Å². The van der Waals surface area contributed by atoms with Crippen LogP contribution < -0.4 is 0 Å². The Kier molecular flexibility index (Phi) is 7.81. The molecule has 1 aromatic heterocycles. The van der Waals surface area contributed by atoms with Gasteiger partial charge in [-0.15, -0.1) is 0 Å². The maximum absolute atomic E-state index is 5.11. The molecule has 0 aliphatic carbocycles. The molecule has 0 aliphatic rings. The van der Waals surface area contributed by atoms with E-state index in [-0.39, 0.29) is 0 Å². The minimum atomic E-state index is 0.636. The largest absolute Gasteiger partial charge is 0.208 e. The monoisotopic (exact) mass is 687 g/mol. The molecule has 10 aromatic rings. The average molecular weight is 688 g/mol. The Morgan fingerprint density at radius 2 is 0.630 bits per heavy atom. The van der Waals surface area contributed by atoms with E-state index in [9.17, 15) is 0 Å². The third-order valence-corrected chi connectivity index (χ3v) is 10.3. The number of aromatic nitrogens is 3. The van der Waals surface area contributed by atoms with Gasteiger partial charge in [0.15, 0.2) is 17.5 Å². The molecule has 0 radical (unpaired) electrons. The number of hydrogen-bond donors (Lipinski definition) is 0. The van der Waals surface area contributed by atoms with E-state index in [0.29, 0.717) is 17.5 Å². The normalized spacial score (nSPS) is 11.3. The van der Waals surface area contributed by atoms with Crippen LogP contribution in [0.3, 0.4) is 0 Å². The Morgan fingerprint density at radius 3 is 1.30 bits per heavy atom. The molecule has 252 valence electrons. The lowest BCUT2D eigenvalue weighted by Crippen LogP contribution is -2.00. The first-order valence-corrected chi connectivity index (χ1v) is 18.3. The molecular weight excluding hydrogens is 655 g/mol. The molecule has 0 saturated carbocycles. The van der Waals surface area contributed by atoms with Gasteiger partial charge in [0.2, 0.25) is 0 Å². The Labute approximate surface area is 313 Å². The zero-order valence-corrected chi connectivity index (χ0v) is 29.4. The third-order valence-electron chi connectivity index (χ3n) is 10.3. The quantitative estimate of drug-likeness (QED) is 0.175. The van der Waals surface area contributed by atoms with Crippen LogP contribution in [-0.4, -0.2) is 15.0 Å². The van der Waals surface area contributed by atoms with Gasteiger partial charge in [-0.1, -0.05) is 170 Å². The van der Waals surface area contributed by atoms with Gasteiger partial charge in [-0.2, -0.15) is 0 Å². The third kappa shape index (κ3) is 5.98. The highest BCUT2D eigenvalue weighted by molar-refractivity contribution is 5.99. The molecule has 0 spiro atoms. The van der Waals surface area contributed by atoms with Crippen LogP contribution in [-0.2, 0) is 0 Å². The minimum Gasteiger partial charge on any atom is -0.208 e. The number of hydrogen-bond acceptors (Lipinski definition) is 3. The summed E-state index contributed by atoms with van der Waals surface area (Å²) in [4.78, 5) is 15.2. The van der Waals surface area contributed by atoms with Crippen molar-refractivity contribution in [2.75, 3.05) is 0 Å². The van der Waals surface area contributed by atoms with Gasteiger partial charge in [0.1, 0.15) is 0 Å². The van der Waals surface area contributed by atoms with E-state index in [1.807, 2.05) is 30.3 Å². The van der Waals surface area contributed by atoms with Crippen molar-refractivity contribution < 1.29 is 0 Å². The van der Waals surface area contributed by atoms with Crippen molar-refractivity contribution >= 4 is 32.3 Å². The fourth-order valence-corrected chi connectivity index (χ4v) is 7.47. The molecule has 0 saturated heterocycles. The maximum atomic E-state index is 5.11. The number of nitrogens with zero attached hydrogens (tertiary/aromatic N) is 3. The summed E-state index contributed by atoms with van der Waals surface area (Å²) >= 11 is 0. The fourth-order valence-electron chi connectivity index (χ4n) is 7.47. The average Bonchev–Trinajstić information content (AvgIpc) is 3.26. The first-order chi connectivity index (χ1) is 26.7. The zero-order valence-electron chi connectivity index (χ0n) is 29.4. The number of fused-ring (bicyclic) bond motifs is 3. The molecule has 0 bridgehead atoms. The fraction of sp³-hybridized carbons (Fsp3) is 0. The van der Waals surface area contributed by atoms with E-state index in [1.54, 1.807) is 0 Å². The van der Waals surface area contributed by atoms with Crippen molar-refractivity contribution in [2.45, 2.75) is 0 Å². The summed E-state index contributed by atoms with van der Waals surface area (Å²) in [6, 6.07) is 70.7. The standard InChI is InChI=1S/C51H33N3/c1-2-13-36(14-3-1)49-52-50(45-19-8-17-38(32-45)40-24-23-34-11-4-5-15-37(34)29-40)54-51(53-49)46-20-9-18-39(33-46)41-25-26-43-31-44(28-27-42(43)30-41)48-22-10-16-35-12-6-7-21-47(35)48/h1-33H. The second-order valence-electron chi connectivity index (χ2n) is 13.7. The molecule has 0 unspecified atom stereocenters. The Bertz CT molecular complexity index is 3000. The van der Waals surface area contributed by atoms with Crippen LogP contribution in [0.5, 0.6) is 0 Å². The van der Waals surface area contributed by atoms with Crippen LogP contribution in [0.4, 0.5) is 0 Å². The predicted octanol–water partition coefficient (Wildman–Crippen LogP) is 13.3. The van der Waals surface area contributed by atoms with Crippen molar-refractivity contribution in [1.29, 1.82) is 0 Å². The molecule has 10 rings (SSSR count). The molecule has 54 heavy (non-hydrogen) atoms. The maximum Gasteiger partial charge on any atom is 0.164 e. The molecular formula is C51H33N3. The Hall–Kier alpha value is -7.23. The second kappa shape index (κ2) is 13.4. The molecule has 0 N–H and O–H groups in total. The van der Waals surface area contributed by atoms with E-state index in [0.717, 1.165) is 38.9 Å². The van der Waals surface area contributed by atoms with Crippen LogP contribution >= 0.6 is 0 Å². The van der Waals surface area contributed by atoms with Crippen LogP contribution in [0.1, 0.15) is 0 Å². The highest BCUT2D eigenvalue weighted by Gasteiger charge is 2.14. The number of rotatable bonds is 6. The van der Waals surface area contributed by atoms with E-state index < -0.39 is 0 Å². The Balaban J connectivity index is 1.03. The zero-order chi connectivity index (χ0) is 35.8. The summed E-state index contributed by atoms with van der Waals surface area (Å²) in [6.45, 7) is 0. The lowest BCUT2D eigenvalue weighted by Gasteiger charge is -2.11. The molecule has 1 heterocycles. The highest BCUT2D eigenvalue weighted by atomic mass is 15.0. The van der Waals surface area contributed by atoms with Crippen molar-refractivity contribution in [3.8, 4) is 67.5 Å². The Morgan fingerprint density at radius 1 is 0.222 bits per heavy atom. The van der Waals surface area contributed by atoms with Crippen molar-refractivity contribution in [3.05, 3.63) is 200 Å². The van der Waals surface area contributed by atoms with Gasteiger partial charge in [-0.3, -0.25) is 0 Å². The topological polar surface area (TPSA) is 38.7 Å². The van der Waals surface area contributed by atoms with Crippen LogP contribution in [0, 0.1) is 0 Å². The van der Waals surface area contributed by atoms with E-state index in [4.69, 9.17) is 15.0 Å². The van der Waals surface area contributed by atoms with E-state index >= 15 is 0 Å². The van der Waals surface area contributed by atoms with E-state index in [2.05, 4.69) is 170 Å². The highest BCUT2D eigenvalue weighted by Crippen LogP contribution is 2.34. The van der Waals surface area contributed by atoms with Gasteiger partial charge in [-0.25, -0.2) is 15.0 Å². The van der Waals surface area contributed by atoms with Crippen LogP contribution in [0.15, 0.2) is 200 Å². The minimum absolute atomic E-state index is 0.636. The smallest absolute Gasteiger partial charge is 0.164 e. The molecule has 0 aliphatic heterocycles. The summed E-state index contributed by atoms with van der Waals surface area (Å²) in [7, 11) is 0. The molecule has 0 amide bonds. The van der Waals surface area contributed by atoms with Gasteiger partial charge >= 0.3 is 0 Å². The van der Waals surface area contributed by atoms with Crippen molar-refractivity contribution in [2.24, 2.45) is 0 Å². The SMILES string of the molecule is c1ccc(-c2nc(-c3cccc(-c4ccc5ccccc5c4)c3)nc(-c3cccc(-c4ccc5cc(-c6cccc7ccccc67)ccc5c4)c3)n2)cc1. The summed E-state index contributed by atoms with van der Waals surface area (Å²) < 4.78 is 0. The molecule has 9 aromatic carbocycles. The summed E-state index contributed by atoms with van der Waals surface area (Å²) in [5.41, 5.74) is 9.81. The van der Waals surface area contributed by atoms with Gasteiger partial charge in [0.25, 0.3) is 0 Å². The lowest BCUT2D eigenvalue weighted by atomic mass is 9.94.